The normalized spacial score (nSPS) is 25.1. The van der Waals surface area contributed by atoms with Crippen molar-refractivity contribution in [2.24, 2.45) is 5.41 Å². The molecule has 2 fully saturated rings. The predicted octanol–water partition coefficient (Wildman–Crippen LogP) is 4.54. The average Bonchev–Trinajstić information content (AvgIpc) is 2.69. The number of carbonyl (C=O) groups is 1. The molecule has 3 rings (SSSR count). The van der Waals surface area contributed by atoms with Crippen molar-refractivity contribution >= 4 is 17.4 Å². The van der Waals surface area contributed by atoms with Gasteiger partial charge < -0.3 is 4.74 Å². The van der Waals surface area contributed by atoms with Gasteiger partial charge in [-0.3, -0.25) is 4.79 Å². The molecule has 1 spiro atoms. The molecule has 1 aromatic rings. The molecule has 2 saturated carbocycles. The van der Waals surface area contributed by atoms with Crippen LogP contribution in [0.2, 0.25) is 5.02 Å². The van der Waals surface area contributed by atoms with E-state index < -0.39 is 0 Å². The summed E-state index contributed by atoms with van der Waals surface area (Å²) in [6.07, 6.45) is 6.73. The molecule has 0 aliphatic heterocycles. The van der Waals surface area contributed by atoms with Crippen LogP contribution in [0.4, 0.5) is 4.39 Å². The molecule has 108 valence electrons. The third kappa shape index (κ3) is 2.32. The minimum atomic E-state index is -0.379. The topological polar surface area (TPSA) is 26.3 Å². The Kier molecular flexibility index (Phi) is 3.72. The number of Topliss-reactive ketones (excluding diaryl/α,β-unsaturated/α-hetero) is 1. The van der Waals surface area contributed by atoms with E-state index in [1.807, 2.05) is 0 Å². The maximum absolute atomic E-state index is 13.1. The summed E-state index contributed by atoms with van der Waals surface area (Å²) in [6.45, 7) is 0. The summed E-state index contributed by atoms with van der Waals surface area (Å²) < 4.78 is 19.0. The highest BCUT2D eigenvalue weighted by molar-refractivity contribution is 6.32. The van der Waals surface area contributed by atoms with Gasteiger partial charge in [-0.15, -0.1) is 0 Å². The van der Waals surface area contributed by atoms with E-state index in [-0.39, 0.29) is 22.4 Å². The summed E-state index contributed by atoms with van der Waals surface area (Å²) in [4.78, 5) is 12.1. The van der Waals surface area contributed by atoms with E-state index in [9.17, 15) is 9.18 Å². The number of rotatable bonds is 2. The molecule has 20 heavy (non-hydrogen) atoms. The first-order valence-electron chi connectivity index (χ1n) is 7.27. The molecule has 0 bridgehead atoms. The smallest absolute Gasteiger partial charge is 0.146 e. The molecule has 1 unspecified atom stereocenters. The van der Waals surface area contributed by atoms with Gasteiger partial charge in [0.1, 0.15) is 23.5 Å². The van der Waals surface area contributed by atoms with Crippen LogP contribution in [-0.4, -0.2) is 11.9 Å². The Hall–Kier alpha value is -1.09. The van der Waals surface area contributed by atoms with Crippen LogP contribution in [0.5, 0.6) is 5.75 Å². The van der Waals surface area contributed by atoms with E-state index in [2.05, 4.69) is 0 Å². The zero-order valence-corrected chi connectivity index (χ0v) is 12.1. The monoisotopic (exact) mass is 296 g/mol. The lowest BCUT2D eigenvalue weighted by Gasteiger charge is -2.47. The van der Waals surface area contributed by atoms with Gasteiger partial charge in [-0.2, -0.15) is 0 Å². The van der Waals surface area contributed by atoms with Crippen LogP contribution in [0.15, 0.2) is 18.2 Å². The van der Waals surface area contributed by atoms with Crippen LogP contribution in [0, 0.1) is 11.2 Å². The first-order chi connectivity index (χ1) is 9.62. The summed E-state index contributed by atoms with van der Waals surface area (Å²) in [7, 11) is 0. The lowest BCUT2D eigenvalue weighted by molar-refractivity contribution is -0.154. The summed E-state index contributed by atoms with van der Waals surface area (Å²) in [6, 6.07) is 4.13. The zero-order valence-electron chi connectivity index (χ0n) is 11.3. The first-order valence-corrected chi connectivity index (χ1v) is 7.65. The van der Waals surface area contributed by atoms with Crippen molar-refractivity contribution in [2.45, 2.75) is 51.0 Å². The van der Waals surface area contributed by atoms with Crippen molar-refractivity contribution in [2.75, 3.05) is 0 Å². The van der Waals surface area contributed by atoms with Crippen molar-refractivity contribution in [3.63, 3.8) is 0 Å². The van der Waals surface area contributed by atoms with Gasteiger partial charge in [-0.25, -0.2) is 4.39 Å². The third-order valence-electron chi connectivity index (χ3n) is 4.70. The number of ether oxygens (including phenoxy) is 1. The highest BCUT2D eigenvalue weighted by Crippen LogP contribution is 2.50. The summed E-state index contributed by atoms with van der Waals surface area (Å²) in [5.41, 5.74) is -0.311. The fraction of sp³-hybridized carbons (Fsp3) is 0.562. The van der Waals surface area contributed by atoms with Gasteiger partial charge in [0.05, 0.1) is 10.4 Å². The second-order valence-electron chi connectivity index (χ2n) is 5.88. The number of hydrogen-bond donors (Lipinski definition) is 0. The number of benzene rings is 1. The van der Waals surface area contributed by atoms with E-state index >= 15 is 0 Å². The SMILES string of the molecule is O=C1CC(Oc2ccc(F)cc2Cl)C12CCCCCC2. The molecule has 2 nitrogen and oxygen atoms in total. The van der Waals surface area contributed by atoms with Gasteiger partial charge in [-0.05, 0) is 31.0 Å². The van der Waals surface area contributed by atoms with E-state index in [0.29, 0.717) is 18.0 Å². The highest BCUT2D eigenvalue weighted by atomic mass is 35.5. The Morgan fingerprint density at radius 3 is 2.50 bits per heavy atom. The number of carbonyl (C=O) groups excluding carboxylic acids is 1. The molecule has 2 aliphatic rings. The molecule has 0 amide bonds. The van der Waals surface area contributed by atoms with Crippen LogP contribution in [-0.2, 0) is 4.79 Å². The molecule has 0 N–H and O–H groups in total. The number of ketones is 1. The van der Waals surface area contributed by atoms with Crippen molar-refractivity contribution < 1.29 is 13.9 Å². The standard InChI is InChI=1S/C16H18ClFO2/c17-12-9-11(18)5-6-13(12)20-15-10-14(19)16(15)7-3-1-2-4-8-16/h5-6,9,15H,1-4,7-8,10H2. The Bertz CT molecular complexity index is 521. The van der Waals surface area contributed by atoms with Crippen molar-refractivity contribution in [3.05, 3.63) is 29.0 Å². The molecule has 4 heteroatoms. The molecule has 0 heterocycles. The molecular weight excluding hydrogens is 279 g/mol. The minimum absolute atomic E-state index is 0.101. The summed E-state index contributed by atoms with van der Waals surface area (Å²) >= 11 is 6.00. The molecule has 0 saturated heterocycles. The Morgan fingerprint density at radius 1 is 1.20 bits per heavy atom. The highest BCUT2D eigenvalue weighted by Gasteiger charge is 2.55. The fourth-order valence-electron chi connectivity index (χ4n) is 3.45. The summed E-state index contributed by atoms with van der Waals surface area (Å²) in [5, 5.41) is 0.271. The van der Waals surface area contributed by atoms with E-state index in [0.717, 1.165) is 25.7 Å². The quantitative estimate of drug-likeness (QED) is 0.801. The molecular formula is C16H18ClFO2. The zero-order chi connectivity index (χ0) is 14.2. The first kappa shape index (κ1) is 13.9. The molecule has 0 radical (unpaired) electrons. The lowest BCUT2D eigenvalue weighted by atomic mass is 9.60. The molecule has 0 aromatic heterocycles. The van der Waals surface area contributed by atoms with Gasteiger partial charge >= 0.3 is 0 Å². The van der Waals surface area contributed by atoms with Gasteiger partial charge in [0.25, 0.3) is 0 Å². The predicted molar refractivity (Wildman–Crippen MR) is 75.6 cm³/mol. The van der Waals surface area contributed by atoms with Gasteiger partial charge in [-0.1, -0.05) is 37.3 Å². The molecule has 1 aromatic carbocycles. The van der Waals surface area contributed by atoms with E-state index in [1.165, 1.54) is 25.0 Å². The Labute approximate surface area is 123 Å². The lowest BCUT2D eigenvalue weighted by Crippen LogP contribution is -2.56. The Morgan fingerprint density at radius 2 is 1.90 bits per heavy atom. The maximum atomic E-state index is 13.1. The van der Waals surface area contributed by atoms with Crippen LogP contribution in [0.25, 0.3) is 0 Å². The van der Waals surface area contributed by atoms with Crippen molar-refractivity contribution in [1.82, 2.24) is 0 Å². The van der Waals surface area contributed by atoms with Gasteiger partial charge in [0.2, 0.25) is 0 Å². The Balaban J connectivity index is 1.78. The summed E-state index contributed by atoms with van der Waals surface area (Å²) in [5.74, 6) is 0.424. The average molecular weight is 297 g/mol. The largest absolute Gasteiger partial charge is 0.487 e. The van der Waals surface area contributed by atoms with Crippen LogP contribution >= 0.6 is 11.6 Å². The van der Waals surface area contributed by atoms with Gasteiger partial charge in [0, 0.05) is 6.42 Å². The van der Waals surface area contributed by atoms with Crippen LogP contribution < -0.4 is 4.74 Å². The molecule has 2 aliphatic carbocycles. The third-order valence-corrected chi connectivity index (χ3v) is 5.00. The second kappa shape index (κ2) is 5.36. The number of halogens is 2. The maximum Gasteiger partial charge on any atom is 0.146 e. The van der Waals surface area contributed by atoms with Crippen LogP contribution in [0.3, 0.4) is 0 Å². The second-order valence-corrected chi connectivity index (χ2v) is 6.29. The minimum Gasteiger partial charge on any atom is -0.487 e. The fourth-order valence-corrected chi connectivity index (χ4v) is 3.67. The van der Waals surface area contributed by atoms with Crippen molar-refractivity contribution in [3.8, 4) is 5.75 Å². The number of hydrogen-bond acceptors (Lipinski definition) is 2. The molecule has 1 atom stereocenters. The van der Waals surface area contributed by atoms with Gasteiger partial charge in [0.15, 0.2) is 0 Å². The van der Waals surface area contributed by atoms with E-state index in [1.54, 1.807) is 6.07 Å². The van der Waals surface area contributed by atoms with E-state index in [4.69, 9.17) is 16.3 Å². The van der Waals surface area contributed by atoms with Crippen LogP contribution in [0.1, 0.15) is 44.9 Å². The van der Waals surface area contributed by atoms with Crippen molar-refractivity contribution in [1.29, 1.82) is 0 Å².